The van der Waals surface area contributed by atoms with Crippen LogP contribution in [-0.2, 0) is 6.42 Å². The molecular formula is C7H11NS. The molecule has 1 aromatic rings. The summed E-state index contributed by atoms with van der Waals surface area (Å²) in [5, 5.41) is 0. The van der Waals surface area contributed by atoms with Gasteiger partial charge in [0.2, 0.25) is 0 Å². The van der Waals surface area contributed by atoms with Gasteiger partial charge in [-0.15, -0.1) is 0 Å². The lowest BCUT2D eigenvalue weighted by Gasteiger charge is -1.90. The molecular weight excluding hydrogens is 130 g/mol. The van der Waals surface area contributed by atoms with Crippen molar-refractivity contribution in [2.24, 2.45) is 0 Å². The van der Waals surface area contributed by atoms with Crippen molar-refractivity contribution < 1.29 is 0 Å². The van der Waals surface area contributed by atoms with Gasteiger partial charge in [0.05, 0.1) is 0 Å². The summed E-state index contributed by atoms with van der Waals surface area (Å²) in [5.41, 5.74) is 1.42. The van der Waals surface area contributed by atoms with Crippen LogP contribution in [0.15, 0.2) is 6.20 Å². The Morgan fingerprint density at radius 3 is 2.89 bits per heavy atom. The Kier molecular flexibility index (Phi) is 2.22. The summed E-state index contributed by atoms with van der Waals surface area (Å²) in [6, 6.07) is 0. The van der Waals surface area contributed by atoms with Crippen molar-refractivity contribution in [1.29, 1.82) is 0 Å². The van der Waals surface area contributed by atoms with Crippen LogP contribution < -0.4 is 0 Å². The lowest BCUT2D eigenvalue weighted by atomic mass is 10.2. The number of aryl methyl sites for hydroxylation is 2. The average molecular weight is 141 g/mol. The molecule has 2 heteroatoms. The van der Waals surface area contributed by atoms with Crippen LogP contribution in [-0.4, -0.2) is 4.37 Å². The van der Waals surface area contributed by atoms with Crippen molar-refractivity contribution in [2.75, 3.05) is 0 Å². The predicted octanol–water partition coefficient (Wildman–Crippen LogP) is 2.40. The van der Waals surface area contributed by atoms with Gasteiger partial charge in [-0.2, -0.15) is 0 Å². The van der Waals surface area contributed by atoms with E-state index in [9.17, 15) is 0 Å². The van der Waals surface area contributed by atoms with Crippen molar-refractivity contribution in [1.82, 2.24) is 4.37 Å². The van der Waals surface area contributed by atoms with Gasteiger partial charge in [0.25, 0.3) is 0 Å². The fourth-order valence-electron chi connectivity index (χ4n) is 0.828. The molecule has 9 heavy (non-hydrogen) atoms. The van der Waals surface area contributed by atoms with E-state index >= 15 is 0 Å². The van der Waals surface area contributed by atoms with Gasteiger partial charge >= 0.3 is 0 Å². The normalized spacial score (nSPS) is 10.0. The van der Waals surface area contributed by atoms with Gasteiger partial charge in [-0.1, -0.05) is 13.3 Å². The summed E-state index contributed by atoms with van der Waals surface area (Å²) in [5.74, 6) is 0. The van der Waals surface area contributed by atoms with E-state index in [0.29, 0.717) is 0 Å². The molecule has 0 amide bonds. The minimum absolute atomic E-state index is 1.18. The zero-order valence-corrected chi connectivity index (χ0v) is 6.66. The Hall–Kier alpha value is -0.370. The quantitative estimate of drug-likeness (QED) is 0.616. The molecule has 0 saturated carbocycles. The van der Waals surface area contributed by atoms with Crippen molar-refractivity contribution in [3.8, 4) is 0 Å². The number of hydrogen-bond acceptors (Lipinski definition) is 2. The first-order valence-electron chi connectivity index (χ1n) is 3.24. The standard InChI is InChI=1S/C7H11NS/c1-3-4-7-5-8-9-6(7)2/h5H,3-4H2,1-2H3. The summed E-state index contributed by atoms with van der Waals surface area (Å²) in [6.45, 7) is 4.32. The van der Waals surface area contributed by atoms with Crippen LogP contribution in [0.2, 0.25) is 0 Å². The van der Waals surface area contributed by atoms with Gasteiger partial charge in [-0.05, 0) is 30.4 Å². The van der Waals surface area contributed by atoms with Crippen LogP contribution in [0.5, 0.6) is 0 Å². The van der Waals surface area contributed by atoms with E-state index in [4.69, 9.17) is 0 Å². The fourth-order valence-corrected chi connectivity index (χ4v) is 1.44. The molecule has 0 aliphatic heterocycles. The van der Waals surface area contributed by atoms with Crippen LogP contribution in [0.3, 0.4) is 0 Å². The van der Waals surface area contributed by atoms with E-state index in [1.807, 2.05) is 6.20 Å². The lowest BCUT2D eigenvalue weighted by Crippen LogP contribution is -1.79. The molecule has 50 valence electrons. The van der Waals surface area contributed by atoms with Crippen molar-refractivity contribution >= 4 is 11.5 Å². The van der Waals surface area contributed by atoms with E-state index in [2.05, 4.69) is 18.2 Å². The number of aromatic nitrogens is 1. The van der Waals surface area contributed by atoms with E-state index in [0.717, 1.165) is 0 Å². The van der Waals surface area contributed by atoms with E-state index in [1.54, 1.807) is 11.5 Å². The largest absolute Gasteiger partial charge is 0.201 e. The van der Waals surface area contributed by atoms with Crippen LogP contribution in [0, 0.1) is 6.92 Å². The Morgan fingerprint density at radius 2 is 2.44 bits per heavy atom. The Balaban J connectivity index is 2.69. The Morgan fingerprint density at radius 1 is 1.67 bits per heavy atom. The molecule has 0 aliphatic carbocycles. The molecule has 0 fully saturated rings. The monoisotopic (exact) mass is 141 g/mol. The summed E-state index contributed by atoms with van der Waals surface area (Å²) >= 11 is 1.59. The molecule has 0 aromatic carbocycles. The Bertz CT molecular complexity index is 181. The highest BCUT2D eigenvalue weighted by atomic mass is 32.1. The molecule has 1 aromatic heterocycles. The van der Waals surface area contributed by atoms with E-state index < -0.39 is 0 Å². The van der Waals surface area contributed by atoms with Gasteiger partial charge in [-0.3, -0.25) is 0 Å². The lowest BCUT2D eigenvalue weighted by molar-refractivity contribution is 0.917. The summed E-state index contributed by atoms with van der Waals surface area (Å²) < 4.78 is 4.08. The molecule has 0 radical (unpaired) electrons. The molecule has 0 saturated heterocycles. The molecule has 0 N–H and O–H groups in total. The van der Waals surface area contributed by atoms with Gasteiger partial charge in [0.15, 0.2) is 0 Å². The third-order valence-electron chi connectivity index (χ3n) is 1.37. The SMILES string of the molecule is CCCc1cnsc1C. The van der Waals surface area contributed by atoms with Gasteiger partial charge in [0, 0.05) is 11.1 Å². The predicted molar refractivity (Wildman–Crippen MR) is 40.8 cm³/mol. The Labute approximate surface area is 59.9 Å². The van der Waals surface area contributed by atoms with Crippen LogP contribution in [0.4, 0.5) is 0 Å². The fraction of sp³-hybridized carbons (Fsp3) is 0.571. The maximum absolute atomic E-state index is 4.08. The van der Waals surface area contributed by atoms with Crippen molar-refractivity contribution in [2.45, 2.75) is 26.7 Å². The van der Waals surface area contributed by atoms with E-state index in [-0.39, 0.29) is 0 Å². The topological polar surface area (TPSA) is 12.9 Å². The molecule has 1 nitrogen and oxygen atoms in total. The third-order valence-corrected chi connectivity index (χ3v) is 2.12. The second-order valence-corrected chi connectivity index (χ2v) is 3.16. The second-order valence-electron chi connectivity index (χ2n) is 2.16. The molecule has 0 spiro atoms. The highest BCUT2D eigenvalue weighted by Crippen LogP contribution is 2.12. The molecule has 0 bridgehead atoms. The number of hydrogen-bond donors (Lipinski definition) is 0. The minimum Gasteiger partial charge on any atom is -0.201 e. The smallest absolute Gasteiger partial charge is 0.0441 e. The van der Waals surface area contributed by atoms with Crippen molar-refractivity contribution in [3.63, 3.8) is 0 Å². The maximum atomic E-state index is 4.08. The zero-order chi connectivity index (χ0) is 6.69. The molecule has 0 aliphatic rings. The van der Waals surface area contributed by atoms with Gasteiger partial charge in [0.1, 0.15) is 0 Å². The van der Waals surface area contributed by atoms with E-state index in [1.165, 1.54) is 23.3 Å². The summed E-state index contributed by atoms with van der Waals surface area (Å²) in [4.78, 5) is 1.37. The maximum Gasteiger partial charge on any atom is 0.0441 e. The molecule has 0 unspecified atom stereocenters. The van der Waals surface area contributed by atoms with Crippen LogP contribution >= 0.6 is 11.5 Å². The second kappa shape index (κ2) is 2.97. The van der Waals surface area contributed by atoms with Crippen LogP contribution in [0.1, 0.15) is 23.8 Å². The molecule has 0 atom stereocenters. The molecule has 1 rings (SSSR count). The first kappa shape index (κ1) is 6.75. The number of nitrogens with zero attached hydrogens (tertiary/aromatic N) is 1. The third kappa shape index (κ3) is 1.52. The zero-order valence-electron chi connectivity index (χ0n) is 5.85. The highest BCUT2D eigenvalue weighted by molar-refractivity contribution is 7.05. The van der Waals surface area contributed by atoms with Crippen molar-refractivity contribution in [3.05, 3.63) is 16.6 Å². The average Bonchev–Trinajstić information content (AvgIpc) is 2.18. The van der Waals surface area contributed by atoms with Gasteiger partial charge in [-0.25, -0.2) is 4.37 Å². The highest BCUT2D eigenvalue weighted by Gasteiger charge is 1.96. The molecule has 1 heterocycles. The summed E-state index contributed by atoms with van der Waals surface area (Å²) in [7, 11) is 0. The first-order valence-corrected chi connectivity index (χ1v) is 4.02. The minimum atomic E-state index is 1.18. The first-order chi connectivity index (χ1) is 4.34. The number of rotatable bonds is 2. The van der Waals surface area contributed by atoms with Crippen LogP contribution in [0.25, 0.3) is 0 Å². The summed E-state index contributed by atoms with van der Waals surface area (Å²) in [6.07, 6.45) is 4.38. The van der Waals surface area contributed by atoms with Gasteiger partial charge < -0.3 is 0 Å².